The molecule has 0 radical (unpaired) electrons. The second-order valence-corrected chi connectivity index (χ2v) is 8.30. The Morgan fingerprint density at radius 1 is 1.27 bits per heavy atom. The van der Waals surface area contributed by atoms with Crippen LogP contribution in [0.5, 0.6) is 0 Å². The fraction of sp³-hybridized carbons (Fsp3) is 0.263. The molecule has 0 saturated heterocycles. The molecule has 0 fully saturated rings. The standard InChI is InChI=1S/C19H17ClN2O3S/c1-2-19(11-10-14-15(19)7-5-8-16(14)20)18(23)22-26(24,25)17-9-4-3-6-13(17)12-21/h3-9H,2,10-11H2,1H3,(H,22,23). The number of hydrogen-bond donors (Lipinski definition) is 1. The van der Waals surface area contributed by atoms with Gasteiger partial charge >= 0.3 is 0 Å². The normalized spacial score (nSPS) is 18.8. The molecular formula is C19H17ClN2O3S. The van der Waals surface area contributed by atoms with Gasteiger partial charge in [0.1, 0.15) is 11.0 Å². The highest BCUT2D eigenvalue weighted by atomic mass is 35.5. The number of carbonyl (C=O) groups is 1. The molecule has 2 aromatic rings. The highest BCUT2D eigenvalue weighted by Crippen LogP contribution is 2.44. The van der Waals surface area contributed by atoms with E-state index in [0.29, 0.717) is 24.3 Å². The number of nitrogens with one attached hydrogen (secondary N) is 1. The third kappa shape index (κ3) is 2.87. The highest BCUT2D eigenvalue weighted by molar-refractivity contribution is 7.90. The van der Waals surface area contributed by atoms with Crippen molar-refractivity contribution < 1.29 is 13.2 Å². The minimum absolute atomic E-state index is 0.00628. The van der Waals surface area contributed by atoms with Crippen LogP contribution in [-0.4, -0.2) is 14.3 Å². The molecule has 1 atom stereocenters. The summed E-state index contributed by atoms with van der Waals surface area (Å²) < 4.78 is 27.6. The van der Waals surface area contributed by atoms with E-state index in [1.54, 1.807) is 18.2 Å². The van der Waals surface area contributed by atoms with Crippen LogP contribution in [0.4, 0.5) is 0 Å². The maximum Gasteiger partial charge on any atom is 0.265 e. The summed E-state index contributed by atoms with van der Waals surface area (Å²) in [5, 5.41) is 9.73. The molecule has 134 valence electrons. The van der Waals surface area contributed by atoms with Gasteiger partial charge in [0.25, 0.3) is 10.0 Å². The van der Waals surface area contributed by atoms with Crippen LogP contribution in [0.25, 0.3) is 0 Å². The zero-order chi connectivity index (χ0) is 18.9. The molecule has 1 aliphatic rings. The first-order chi connectivity index (χ1) is 12.4. The lowest BCUT2D eigenvalue weighted by Gasteiger charge is -2.27. The molecule has 0 spiro atoms. The molecule has 0 saturated carbocycles. The van der Waals surface area contributed by atoms with Gasteiger partial charge in [-0.15, -0.1) is 0 Å². The van der Waals surface area contributed by atoms with Crippen LogP contribution in [0.2, 0.25) is 5.02 Å². The van der Waals surface area contributed by atoms with Crippen LogP contribution >= 0.6 is 11.6 Å². The average molecular weight is 389 g/mol. The predicted molar refractivity (Wildman–Crippen MR) is 98.2 cm³/mol. The van der Waals surface area contributed by atoms with E-state index in [-0.39, 0.29) is 10.5 Å². The lowest BCUT2D eigenvalue weighted by Crippen LogP contribution is -2.45. The number of rotatable bonds is 4. The van der Waals surface area contributed by atoms with Gasteiger partial charge in [0, 0.05) is 5.02 Å². The number of amides is 1. The van der Waals surface area contributed by atoms with E-state index in [2.05, 4.69) is 4.72 Å². The van der Waals surface area contributed by atoms with Crippen molar-refractivity contribution in [3.8, 4) is 6.07 Å². The van der Waals surface area contributed by atoms with Gasteiger partial charge < -0.3 is 0 Å². The van der Waals surface area contributed by atoms with Gasteiger partial charge in [0.05, 0.1) is 11.0 Å². The Bertz CT molecular complexity index is 1030. The van der Waals surface area contributed by atoms with E-state index in [1.165, 1.54) is 18.2 Å². The molecule has 26 heavy (non-hydrogen) atoms. The zero-order valence-electron chi connectivity index (χ0n) is 14.1. The highest BCUT2D eigenvalue weighted by Gasteiger charge is 2.45. The van der Waals surface area contributed by atoms with Crippen molar-refractivity contribution >= 4 is 27.5 Å². The molecule has 0 aromatic heterocycles. The number of hydrogen-bond acceptors (Lipinski definition) is 4. The van der Waals surface area contributed by atoms with Crippen molar-refractivity contribution in [2.75, 3.05) is 0 Å². The fourth-order valence-electron chi connectivity index (χ4n) is 3.57. The van der Waals surface area contributed by atoms with E-state index < -0.39 is 21.3 Å². The molecule has 1 N–H and O–H groups in total. The van der Waals surface area contributed by atoms with Crippen molar-refractivity contribution in [2.24, 2.45) is 0 Å². The Kier molecular flexibility index (Phi) is 4.78. The smallest absolute Gasteiger partial charge is 0.265 e. The number of nitriles is 1. The summed E-state index contributed by atoms with van der Waals surface area (Å²) >= 11 is 6.24. The Morgan fingerprint density at radius 3 is 2.69 bits per heavy atom. The zero-order valence-corrected chi connectivity index (χ0v) is 15.7. The molecule has 1 unspecified atom stereocenters. The van der Waals surface area contributed by atoms with Crippen LogP contribution in [0.15, 0.2) is 47.4 Å². The van der Waals surface area contributed by atoms with Gasteiger partial charge in [-0.3, -0.25) is 4.79 Å². The number of sulfonamides is 1. The molecule has 5 nitrogen and oxygen atoms in total. The van der Waals surface area contributed by atoms with Crippen LogP contribution in [0, 0.1) is 11.3 Å². The van der Waals surface area contributed by atoms with Crippen molar-refractivity contribution in [3.63, 3.8) is 0 Å². The average Bonchev–Trinajstić information content (AvgIpc) is 3.02. The van der Waals surface area contributed by atoms with E-state index >= 15 is 0 Å². The molecule has 3 rings (SSSR count). The topological polar surface area (TPSA) is 87.0 Å². The Labute approximate surface area is 157 Å². The monoisotopic (exact) mass is 388 g/mol. The quantitative estimate of drug-likeness (QED) is 0.870. The number of benzene rings is 2. The first-order valence-electron chi connectivity index (χ1n) is 8.20. The predicted octanol–water partition coefficient (Wildman–Crippen LogP) is 3.31. The Morgan fingerprint density at radius 2 is 2.00 bits per heavy atom. The van der Waals surface area contributed by atoms with Crippen LogP contribution in [-0.2, 0) is 26.7 Å². The maximum atomic E-state index is 13.0. The van der Waals surface area contributed by atoms with Crippen LogP contribution in [0.3, 0.4) is 0 Å². The lowest BCUT2D eigenvalue weighted by molar-refractivity contribution is -0.125. The summed E-state index contributed by atoms with van der Waals surface area (Å²) in [5.41, 5.74) is 0.706. The second-order valence-electron chi connectivity index (χ2n) is 6.24. The minimum atomic E-state index is -4.16. The van der Waals surface area contributed by atoms with Crippen molar-refractivity contribution in [2.45, 2.75) is 36.5 Å². The van der Waals surface area contributed by atoms with Gasteiger partial charge in [-0.25, -0.2) is 13.1 Å². The summed E-state index contributed by atoms with van der Waals surface area (Å²) in [6, 6.07) is 13.0. The summed E-state index contributed by atoms with van der Waals surface area (Å²) in [6.07, 6.45) is 1.55. The molecule has 1 amide bonds. The van der Waals surface area contributed by atoms with Crippen molar-refractivity contribution in [1.29, 1.82) is 5.26 Å². The molecule has 0 aliphatic heterocycles. The number of carbonyl (C=O) groups excluding carboxylic acids is 1. The molecule has 0 bridgehead atoms. The summed E-state index contributed by atoms with van der Waals surface area (Å²) in [5.74, 6) is -0.589. The molecule has 0 heterocycles. The third-order valence-electron chi connectivity index (χ3n) is 5.00. The van der Waals surface area contributed by atoms with E-state index in [9.17, 15) is 13.2 Å². The van der Waals surface area contributed by atoms with Gasteiger partial charge in [0.2, 0.25) is 5.91 Å². The number of nitrogens with zero attached hydrogens (tertiary/aromatic N) is 1. The van der Waals surface area contributed by atoms with Gasteiger partial charge in [-0.05, 0) is 48.6 Å². The van der Waals surface area contributed by atoms with E-state index in [4.69, 9.17) is 16.9 Å². The maximum absolute atomic E-state index is 13.0. The summed E-state index contributed by atoms with van der Waals surface area (Å²) in [7, 11) is -4.16. The van der Waals surface area contributed by atoms with E-state index in [0.717, 1.165) is 11.1 Å². The SMILES string of the molecule is CCC1(C(=O)NS(=O)(=O)c2ccccc2C#N)CCc2c(Cl)cccc21. The first kappa shape index (κ1) is 18.4. The van der Waals surface area contributed by atoms with E-state index in [1.807, 2.05) is 19.1 Å². The van der Waals surface area contributed by atoms with Crippen molar-refractivity contribution in [3.05, 3.63) is 64.2 Å². The van der Waals surface area contributed by atoms with Crippen molar-refractivity contribution in [1.82, 2.24) is 4.72 Å². The van der Waals surface area contributed by atoms with Crippen LogP contribution in [0.1, 0.15) is 36.5 Å². The summed E-state index contributed by atoms with van der Waals surface area (Å²) in [6.45, 7) is 1.85. The Hall–Kier alpha value is -2.36. The molecular weight excluding hydrogens is 372 g/mol. The van der Waals surface area contributed by atoms with Crippen LogP contribution < -0.4 is 4.72 Å². The minimum Gasteiger partial charge on any atom is -0.273 e. The van der Waals surface area contributed by atoms with Gasteiger partial charge in [-0.2, -0.15) is 5.26 Å². The molecule has 7 heteroatoms. The molecule has 1 aliphatic carbocycles. The number of halogens is 1. The third-order valence-corrected chi connectivity index (χ3v) is 6.74. The second kappa shape index (κ2) is 6.75. The molecule has 2 aromatic carbocycles. The van der Waals surface area contributed by atoms with Gasteiger partial charge in [0.15, 0.2) is 0 Å². The van der Waals surface area contributed by atoms with Gasteiger partial charge in [-0.1, -0.05) is 42.8 Å². The Balaban J connectivity index is 2.00. The summed E-state index contributed by atoms with van der Waals surface area (Å²) in [4.78, 5) is 12.8. The first-order valence-corrected chi connectivity index (χ1v) is 10.1. The largest absolute Gasteiger partial charge is 0.273 e. The lowest BCUT2D eigenvalue weighted by atomic mass is 9.79. The fourth-order valence-corrected chi connectivity index (χ4v) is 5.05. The number of fused-ring (bicyclic) bond motifs is 1.